The first-order chi connectivity index (χ1) is 7.58. The van der Waals surface area contributed by atoms with E-state index in [1.54, 1.807) is 6.07 Å². The number of nitrogens with two attached hydrogens (primary N) is 1. The first-order valence-corrected chi connectivity index (χ1v) is 4.58. The summed E-state index contributed by atoms with van der Waals surface area (Å²) in [6.07, 6.45) is 2.65. The highest BCUT2D eigenvalue weighted by Gasteiger charge is 1.97. The van der Waals surface area contributed by atoms with Crippen LogP contribution < -0.4 is 11.1 Å². The van der Waals surface area contributed by atoms with Crippen molar-refractivity contribution >= 4 is 17.9 Å². The Kier molecular flexibility index (Phi) is 4.20. The largest absolute Gasteiger partial charge is 0.368 e. The van der Waals surface area contributed by atoms with E-state index < -0.39 is 11.8 Å². The molecule has 0 radical (unpaired) electrons. The first kappa shape index (κ1) is 11.9. The van der Waals surface area contributed by atoms with E-state index in [0.717, 1.165) is 0 Å². The van der Waals surface area contributed by atoms with E-state index in [1.165, 1.54) is 30.4 Å². The normalized spacial score (nSPS) is 10.3. The minimum atomic E-state index is -0.618. The summed E-state index contributed by atoms with van der Waals surface area (Å²) in [5, 5.41) is 2.27. The van der Waals surface area contributed by atoms with Crippen LogP contribution in [0.4, 0.5) is 4.39 Å². The summed E-state index contributed by atoms with van der Waals surface area (Å²) < 4.78 is 12.7. The van der Waals surface area contributed by atoms with Crippen molar-refractivity contribution in [2.75, 3.05) is 6.54 Å². The maximum Gasteiger partial charge on any atom is 0.244 e. The molecule has 0 aromatic heterocycles. The standard InChI is InChI=1S/C11H11FN2O2/c12-9-3-1-2-8(6-9)4-5-11(16)14-7-10(13)15/h1-6H,7H2,(H2,13,15)(H,14,16)/b5-4+. The van der Waals surface area contributed by atoms with Gasteiger partial charge in [0.25, 0.3) is 0 Å². The Balaban J connectivity index is 2.53. The molecule has 0 unspecified atom stereocenters. The molecule has 1 aromatic carbocycles. The molecule has 1 rings (SSSR count). The molecule has 5 heteroatoms. The number of amides is 2. The molecule has 4 nitrogen and oxygen atoms in total. The minimum absolute atomic E-state index is 0.216. The fourth-order valence-electron chi connectivity index (χ4n) is 1.02. The lowest BCUT2D eigenvalue weighted by Gasteiger charge is -1.97. The highest BCUT2D eigenvalue weighted by molar-refractivity contribution is 5.94. The van der Waals surface area contributed by atoms with Crippen LogP contribution in [0.5, 0.6) is 0 Å². The van der Waals surface area contributed by atoms with Gasteiger partial charge < -0.3 is 11.1 Å². The van der Waals surface area contributed by atoms with E-state index in [4.69, 9.17) is 5.73 Å². The van der Waals surface area contributed by atoms with Crippen LogP contribution in [0.15, 0.2) is 30.3 Å². The molecule has 1 aromatic rings. The summed E-state index contributed by atoms with van der Waals surface area (Å²) >= 11 is 0. The lowest BCUT2D eigenvalue weighted by Crippen LogP contribution is -2.32. The molecule has 0 fully saturated rings. The molecule has 0 aliphatic heterocycles. The summed E-state index contributed by atoms with van der Waals surface area (Å²) in [6.45, 7) is -0.216. The monoisotopic (exact) mass is 222 g/mol. The lowest BCUT2D eigenvalue weighted by atomic mass is 10.2. The minimum Gasteiger partial charge on any atom is -0.368 e. The summed E-state index contributed by atoms with van der Waals surface area (Å²) in [7, 11) is 0. The molecule has 0 aliphatic rings. The second kappa shape index (κ2) is 5.65. The van der Waals surface area contributed by atoms with E-state index in [1.807, 2.05) is 0 Å². The average Bonchev–Trinajstić information content (AvgIpc) is 2.23. The molecule has 0 bridgehead atoms. The van der Waals surface area contributed by atoms with Gasteiger partial charge in [0.05, 0.1) is 6.54 Å². The molecule has 0 saturated heterocycles. The number of benzene rings is 1. The van der Waals surface area contributed by atoms with Crippen LogP contribution in [-0.4, -0.2) is 18.4 Å². The molecule has 3 N–H and O–H groups in total. The Labute approximate surface area is 91.9 Å². The van der Waals surface area contributed by atoms with Crippen molar-refractivity contribution in [1.29, 1.82) is 0 Å². The van der Waals surface area contributed by atoms with E-state index in [2.05, 4.69) is 5.32 Å². The quantitative estimate of drug-likeness (QED) is 0.725. The molecule has 0 saturated carbocycles. The van der Waals surface area contributed by atoms with Gasteiger partial charge in [0.1, 0.15) is 5.82 Å². The molecular weight excluding hydrogens is 211 g/mol. The summed E-state index contributed by atoms with van der Waals surface area (Å²) in [4.78, 5) is 21.5. The van der Waals surface area contributed by atoms with Crippen LogP contribution >= 0.6 is 0 Å². The number of carbonyl (C=O) groups is 2. The fourth-order valence-corrected chi connectivity index (χ4v) is 1.02. The topological polar surface area (TPSA) is 72.2 Å². The van der Waals surface area contributed by atoms with Gasteiger partial charge in [0.15, 0.2) is 0 Å². The number of carbonyl (C=O) groups excluding carboxylic acids is 2. The van der Waals surface area contributed by atoms with Gasteiger partial charge in [0, 0.05) is 6.08 Å². The third-order valence-electron chi connectivity index (χ3n) is 1.71. The average molecular weight is 222 g/mol. The van der Waals surface area contributed by atoms with Crippen molar-refractivity contribution in [3.8, 4) is 0 Å². The van der Waals surface area contributed by atoms with Crippen molar-refractivity contribution in [3.63, 3.8) is 0 Å². The van der Waals surface area contributed by atoms with Gasteiger partial charge in [0.2, 0.25) is 11.8 Å². The van der Waals surface area contributed by atoms with Gasteiger partial charge in [-0.15, -0.1) is 0 Å². The van der Waals surface area contributed by atoms with Gasteiger partial charge in [-0.25, -0.2) is 4.39 Å². The summed E-state index contributed by atoms with van der Waals surface area (Å²) in [6, 6.07) is 5.79. The van der Waals surface area contributed by atoms with Crippen LogP contribution in [0.2, 0.25) is 0 Å². The Bertz CT molecular complexity index is 430. The molecule has 0 heterocycles. The number of hydrogen-bond acceptors (Lipinski definition) is 2. The van der Waals surface area contributed by atoms with Crippen molar-refractivity contribution in [1.82, 2.24) is 5.32 Å². The Morgan fingerprint density at radius 3 is 2.81 bits per heavy atom. The van der Waals surface area contributed by atoms with Gasteiger partial charge in [-0.3, -0.25) is 9.59 Å². The summed E-state index contributed by atoms with van der Waals surface area (Å²) in [5.41, 5.74) is 5.40. The van der Waals surface area contributed by atoms with Gasteiger partial charge in [-0.05, 0) is 23.8 Å². The molecule has 16 heavy (non-hydrogen) atoms. The van der Waals surface area contributed by atoms with E-state index in [-0.39, 0.29) is 12.4 Å². The van der Waals surface area contributed by atoms with E-state index >= 15 is 0 Å². The zero-order valence-corrected chi connectivity index (χ0v) is 8.44. The smallest absolute Gasteiger partial charge is 0.244 e. The fraction of sp³-hybridized carbons (Fsp3) is 0.0909. The summed E-state index contributed by atoms with van der Waals surface area (Å²) in [5.74, 6) is -1.45. The number of hydrogen-bond donors (Lipinski definition) is 2. The van der Waals surface area contributed by atoms with Gasteiger partial charge in [-0.1, -0.05) is 12.1 Å². The number of rotatable bonds is 4. The van der Waals surface area contributed by atoms with Crippen molar-refractivity contribution in [3.05, 3.63) is 41.7 Å². The molecular formula is C11H11FN2O2. The predicted molar refractivity (Wildman–Crippen MR) is 57.6 cm³/mol. The molecule has 84 valence electrons. The van der Waals surface area contributed by atoms with Gasteiger partial charge >= 0.3 is 0 Å². The molecule has 0 spiro atoms. The number of nitrogens with one attached hydrogen (secondary N) is 1. The van der Waals surface area contributed by atoms with E-state index in [0.29, 0.717) is 5.56 Å². The molecule has 0 aliphatic carbocycles. The zero-order chi connectivity index (χ0) is 12.0. The predicted octanol–water partition coefficient (Wildman–Crippen LogP) is 0.440. The Hall–Kier alpha value is -2.17. The van der Waals surface area contributed by atoms with Crippen LogP contribution in [-0.2, 0) is 9.59 Å². The third kappa shape index (κ3) is 4.36. The van der Waals surface area contributed by atoms with Crippen molar-refractivity contribution in [2.45, 2.75) is 0 Å². The Morgan fingerprint density at radius 2 is 2.19 bits per heavy atom. The highest BCUT2D eigenvalue weighted by Crippen LogP contribution is 2.04. The van der Waals surface area contributed by atoms with Crippen LogP contribution in [0.25, 0.3) is 6.08 Å². The number of primary amides is 1. The second-order valence-electron chi connectivity index (χ2n) is 3.07. The van der Waals surface area contributed by atoms with Crippen LogP contribution in [0.1, 0.15) is 5.56 Å². The second-order valence-corrected chi connectivity index (χ2v) is 3.07. The van der Waals surface area contributed by atoms with E-state index in [9.17, 15) is 14.0 Å². The molecule has 2 amide bonds. The first-order valence-electron chi connectivity index (χ1n) is 4.58. The maximum absolute atomic E-state index is 12.7. The van der Waals surface area contributed by atoms with Gasteiger partial charge in [-0.2, -0.15) is 0 Å². The zero-order valence-electron chi connectivity index (χ0n) is 8.44. The molecule has 0 atom stereocenters. The highest BCUT2D eigenvalue weighted by atomic mass is 19.1. The van der Waals surface area contributed by atoms with Crippen LogP contribution in [0.3, 0.4) is 0 Å². The SMILES string of the molecule is NC(=O)CNC(=O)/C=C/c1cccc(F)c1. The van der Waals surface area contributed by atoms with Crippen molar-refractivity contribution < 1.29 is 14.0 Å². The number of halogens is 1. The third-order valence-corrected chi connectivity index (χ3v) is 1.71. The lowest BCUT2D eigenvalue weighted by molar-refractivity contribution is -0.122. The van der Waals surface area contributed by atoms with Crippen molar-refractivity contribution in [2.24, 2.45) is 5.73 Å². The maximum atomic E-state index is 12.7. The Morgan fingerprint density at radius 1 is 1.44 bits per heavy atom. The van der Waals surface area contributed by atoms with Crippen LogP contribution in [0, 0.1) is 5.82 Å².